The highest BCUT2D eigenvalue weighted by molar-refractivity contribution is 7.81. The molecule has 4 unspecified atom stereocenters. The molecular weight excluding hydrogens is 534 g/mol. The van der Waals surface area contributed by atoms with E-state index in [1.807, 2.05) is 72.7 Å². The van der Waals surface area contributed by atoms with E-state index in [-0.39, 0.29) is 24.2 Å². The summed E-state index contributed by atoms with van der Waals surface area (Å²) in [6.07, 6.45) is 3.01. The summed E-state index contributed by atoms with van der Waals surface area (Å²) in [6.45, 7) is 5.57. The Hall–Kier alpha value is -2.78. The molecule has 4 atom stereocenters. The standard InChI is InChI=1S/C30H34ClN3O4S/c1-20-11-12-21(2)24(15-20)30(35)33-17-27(37-3)28(18-33)38-23-8-4-7-22(16-23)19-39(36)34-14-6-10-26(34)29-25(31)9-5-13-32-29/h4-5,7-9,11-13,15-16,26-28H,6,10,14,17-19H2,1-3H3. The highest BCUT2D eigenvalue weighted by Crippen LogP contribution is 2.36. The molecule has 206 valence electrons. The minimum absolute atomic E-state index is 0.0123. The number of hydrogen-bond acceptors (Lipinski definition) is 5. The molecule has 0 aliphatic carbocycles. The van der Waals surface area contributed by atoms with Crippen LogP contribution in [-0.4, -0.2) is 63.3 Å². The van der Waals surface area contributed by atoms with Gasteiger partial charge in [-0.3, -0.25) is 9.78 Å². The van der Waals surface area contributed by atoms with Gasteiger partial charge >= 0.3 is 0 Å². The molecule has 0 N–H and O–H groups in total. The molecule has 9 heteroatoms. The lowest BCUT2D eigenvalue weighted by molar-refractivity contribution is 0.0339. The van der Waals surface area contributed by atoms with Crippen molar-refractivity contribution < 1.29 is 18.5 Å². The van der Waals surface area contributed by atoms with Crippen LogP contribution in [0, 0.1) is 13.8 Å². The van der Waals surface area contributed by atoms with Gasteiger partial charge in [-0.25, -0.2) is 8.51 Å². The molecule has 3 aromatic rings. The lowest BCUT2D eigenvalue weighted by atomic mass is 10.0. The molecule has 0 saturated carbocycles. The molecule has 0 spiro atoms. The van der Waals surface area contributed by atoms with Gasteiger partial charge in [0, 0.05) is 25.4 Å². The Morgan fingerprint density at radius 2 is 1.92 bits per heavy atom. The average Bonchev–Trinajstić information content (AvgIpc) is 3.58. The van der Waals surface area contributed by atoms with Crippen LogP contribution >= 0.6 is 11.6 Å². The summed E-state index contributed by atoms with van der Waals surface area (Å²) in [4.78, 5) is 19.6. The van der Waals surface area contributed by atoms with E-state index in [1.54, 1.807) is 18.2 Å². The maximum Gasteiger partial charge on any atom is 0.254 e. The molecular formula is C30H34ClN3O4S. The number of benzene rings is 2. The van der Waals surface area contributed by atoms with E-state index in [1.165, 1.54) is 0 Å². The molecule has 3 heterocycles. The van der Waals surface area contributed by atoms with Crippen LogP contribution in [0.25, 0.3) is 0 Å². The van der Waals surface area contributed by atoms with Crippen molar-refractivity contribution in [2.75, 3.05) is 26.7 Å². The first kappa shape index (κ1) is 27.8. The van der Waals surface area contributed by atoms with Gasteiger partial charge in [0.15, 0.2) is 0 Å². The van der Waals surface area contributed by atoms with E-state index >= 15 is 0 Å². The highest BCUT2D eigenvalue weighted by atomic mass is 35.5. The summed E-state index contributed by atoms with van der Waals surface area (Å²) in [5.41, 5.74) is 4.42. The number of amides is 1. The van der Waals surface area contributed by atoms with E-state index in [0.29, 0.717) is 35.2 Å². The van der Waals surface area contributed by atoms with Gasteiger partial charge in [0.05, 0.1) is 46.6 Å². The van der Waals surface area contributed by atoms with Gasteiger partial charge in [-0.05, 0) is 68.1 Å². The van der Waals surface area contributed by atoms with Gasteiger partial charge in [0.2, 0.25) is 0 Å². The van der Waals surface area contributed by atoms with Gasteiger partial charge in [0.1, 0.15) is 18.0 Å². The van der Waals surface area contributed by atoms with Crippen LogP contribution in [0.4, 0.5) is 0 Å². The maximum absolute atomic E-state index is 13.4. The maximum atomic E-state index is 13.4. The van der Waals surface area contributed by atoms with Crippen LogP contribution < -0.4 is 4.74 Å². The summed E-state index contributed by atoms with van der Waals surface area (Å²) in [5, 5.41) is 0.608. The Kier molecular flexibility index (Phi) is 8.67. The Labute approximate surface area is 237 Å². The molecule has 7 nitrogen and oxygen atoms in total. The van der Waals surface area contributed by atoms with Gasteiger partial charge in [0.25, 0.3) is 5.91 Å². The van der Waals surface area contributed by atoms with Crippen LogP contribution in [0.1, 0.15) is 51.6 Å². The van der Waals surface area contributed by atoms with Crippen LogP contribution in [0.15, 0.2) is 60.8 Å². The molecule has 2 aliphatic rings. The van der Waals surface area contributed by atoms with Crippen molar-refractivity contribution in [3.63, 3.8) is 0 Å². The normalized spacial score (nSPS) is 22.3. The molecule has 2 fully saturated rings. The number of nitrogens with zero attached hydrogens (tertiary/aromatic N) is 3. The third-order valence-electron chi connectivity index (χ3n) is 7.47. The highest BCUT2D eigenvalue weighted by Gasteiger charge is 2.38. The Morgan fingerprint density at radius 1 is 1.10 bits per heavy atom. The minimum Gasteiger partial charge on any atom is -0.486 e. The van der Waals surface area contributed by atoms with Crippen molar-refractivity contribution in [3.05, 3.63) is 93.8 Å². The first-order chi connectivity index (χ1) is 18.8. The predicted octanol–water partition coefficient (Wildman–Crippen LogP) is 5.27. The fraction of sp³-hybridized carbons (Fsp3) is 0.400. The van der Waals surface area contributed by atoms with Crippen molar-refractivity contribution in [1.82, 2.24) is 14.2 Å². The number of carbonyl (C=O) groups excluding carboxylic acids is 1. The lowest BCUT2D eigenvalue weighted by Crippen LogP contribution is -2.32. The topological polar surface area (TPSA) is 72.0 Å². The number of rotatable bonds is 8. The van der Waals surface area contributed by atoms with Gasteiger partial charge < -0.3 is 14.4 Å². The van der Waals surface area contributed by atoms with Gasteiger partial charge in [-0.1, -0.05) is 41.4 Å². The van der Waals surface area contributed by atoms with Crippen molar-refractivity contribution in [3.8, 4) is 5.75 Å². The molecule has 0 bridgehead atoms. The van der Waals surface area contributed by atoms with E-state index in [4.69, 9.17) is 21.1 Å². The zero-order valence-electron chi connectivity index (χ0n) is 22.5. The lowest BCUT2D eigenvalue weighted by Gasteiger charge is -2.23. The summed E-state index contributed by atoms with van der Waals surface area (Å²) >= 11 is 6.40. The number of methoxy groups -OCH3 is 1. The average molecular weight is 568 g/mol. The molecule has 2 aromatic carbocycles. The molecule has 1 aromatic heterocycles. The fourth-order valence-electron chi connectivity index (χ4n) is 5.40. The molecule has 1 amide bonds. The Morgan fingerprint density at radius 3 is 2.72 bits per heavy atom. The van der Waals surface area contributed by atoms with E-state index in [2.05, 4.69) is 4.98 Å². The van der Waals surface area contributed by atoms with E-state index < -0.39 is 11.0 Å². The number of carbonyl (C=O) groups is 1. The zero-order valence-corrected chi connectivity index (χ0v) is 24.1. The second-order valence-electron chi connectivity index (χ2n) is 10.2. The van der Waals surface area contributed by atoms with E-state index in [9.17, 15) is 9.00 Å². The molecule has 2 saturated heterocycles. The van der Waals surface area contributed by atoms with Crippen molar-refractivity contribution >= 4 is 28.5 Å². The van der Waals surface area contributed by atoms with Crippen molar-refractivity contribution in [2.45, 2.75) is 50.7 Å². The van der Waals surface area contributed by atoms with Crippen molar-refractivity contribution in [2.24, 2.45) is 0 Å². The smallest absolute Gasteiger partial charge is 0.254 e. The van der Waals surface area contributed by atoms with Gasteiger partial charge in [-0.2, -0.15) is 0 Å². The summed E-state index contributed by atoms with van der Waals surface area (Å²) < 4.78 is 27.5. The van der Waals surface area contributed by atoms with Gasteiger partial charge in [-0.15, -0.1) is 0 Å². The predicted molar refractivity (Wildman–Crippen MR) is 153 cm³/mol. The molecule has 5 rings (SSSR count). The van der Waals surface area contributed by atoms with E-state index in [0.717, 1.165) is 41.8 Å². The number of pyridine rings is 1. The van der Waals surface area contributed by atoms with Crippen LogP contribution in [-0.2, 0) is 21.5 Å². The summed E-state index contributed by atoms with van der Waals surface area (Å²) in [7, 11) is 0.404. The molecule has 2 aliphatic heterocycles. The monoisotopic (exact) mass is 567 g/mol. The Bertz CT molecular complexity index is 1370. The minimum atomic E-state index is -1.24. The second-order valence-corrected chi connectivity index (χ2v) is 12.0. The second kappa shape index (κ2) is 12.2. The number of hydrogen-bond donors (Lipinski definition) is 0. The SMILES string of the molecule is COC1CN(C(=O)c2cc(C)ccc2C)CC1Oc1cccc(CS(=O)N2CCCC2c2ncccc2Cl)c1. The third-order valence-corrected chi connectivity index (χ3v) is 9.33. The summed E-state index contributed by atoms with van der Waals surface area (Å²) in [5.74, 6) is 1.03. The Balaban J connectivity index is 1.25. The first-order valence-corrected chi connectivity index (χ1v) is 14.9. The molecule has 39 heavy (non-hydrogen) atoms. The number of halogens is 1. The number of aromatic nitrogens is 1. The number of likely N-dealkylation sites (tertiary alicyclic amines) is 1. The van der Waals surface area contributed by atoms with Crippen molar-refractivity contribution in [1.29, 1.82) is 0 Å². The largest absolute Gasteiger partial charge is 0.486 e. The number of aryl methyl sites for hydroxylation is 2. The first-order valence-electron chi connectivity index (χ1n) is 13.2. The third kappa shape index (κ3) is 6.19. The quantitative estimate of drug-likeness (QED) is 0.371. The fourth-order valence-corrected chi connectivity index (χ4v) is 7.09. The van der Waals surface area contributed by atoms with Crippen LogP contribution in [0.5, 0.6) is 5.75 Å². The summed E-state index contributed by atoms with van der Waals surface area (Å²) in [6, 6.07) is 17.2. The van der Waals surface area contributed by atoms with Crippen LogP contribution in [0.3, 0.4) is 0 Å². The van der Waals surface area contributed by atoms with Crippen LogP contribution in [0.2, 0.25) is 5.02 Å². The number of ether oxygens (including phenoxy) is 2. The zero-order chi connectivity index (χ0) is 27.5. The molecule has 0 radical (unpaired) electrons.